The first-order valence-electron chi connectivity index (χ1n) is 10.7. The number of aromatic amines is 1. The summed E-state index contributed by atoms with van der Waals surface area (Å²) in [5.74, 6) is 0.0843. The van der Waals surface area contributed by atoms with Gasteiger partial charge in [-0.2, -0.15) is 0 Å². The van der Waals surface area contributed by atoms with Gasteiger partial charge in [0, 0.05) is 35.8 Å². The molecule has 10 heteroatoms. The number of fused-ring (bicyclic) bond motifs is 3. The summed E-state index contributed by atoms with van der Waals surface area (Å²) in [5, 5.41) is 14.7. The van der Waals surface area contributed by atoms with Crippen LogP contribution in [0.2, 0.25) is 0 Å². The first-order chi connectivity index (χ1) is 15.3. The summed E-state index contributed by atoms with van der Waals surface area (Å²) >= 11 is 0. The number of hydrogen-bond donors (Lipinski definition) is 4. The number of aliphatic hydroxyl groups excluding tert-OH is 1. The average Bonchev–Trinajstić information content (AvgIpc) is 3.11. The Morgan fingerprint density at radius 1 is 1.18 bits per heavy atom. The summed E-state index contributed by atoms with van der Waals surface area (Å²) in [4.78, 5) is 3.52. The predicted molar refractivity (Wildman–Crippen MR) is 130 cm³/mol. The van der Waals surface area contributed by atoms with Crippen LogP contribution in [0.3, 0.4) is 0 Å². The molecular weight excluding hydrogens is 469 g/mol. The lowest BCUT2D eigenvalue weighted by Crippen LogP contribution is -2.26. The Labute approximate surface area is 199 Å². The molecule has 7 nitrogen and oxygen atoms in total. The summed E-state index contributed by atoms with van der Waals surface area (Å²) in [5.41, 5.74) is 4.10. The monoisotopic (exact) mass is 497 g/mol. The van der Waals surface area contributed by atoms with E-state index in [9.17, 15) is 17.9 Å². The zero-order valence-electron chi connectivity index (χ0n) is 18.4. The van der Waals surface area contributed by atoms with Crippen LogP contribution in [0.4, 0.5) is 10.1 Å². The highest BCUT2D eigenvalue weighted by Gasteiger charge is 2.16. The lowest BCUT2D eigenvalue weighted by Gasteiger charge is -2.14. The summed E-state index contributed by atoms with van der Waals surface area (Å²) in [6.45, 7) is 1.14. The van der Waals surface area contributed by atoms with E-state index in [4.69, 9.17) is 4.74 Å². The van der Waals surface area contributed by atoms with Gasteiger partial charge >= 0.3 is 0 Å². The maximum Gasteiger partial charge on any atom is 0.229 e. The van der Waals surface area contributed by atoms with Crippen LogP contribution in [0.5, 0.6) is 5.75 Å². The molecule has 0 aliphatic heterocycles. The topological polar surface area (TPSA) is 103 Å². The van der Waals surface area contributed by atoms with E-state index in [1.165, 1.54) is 41.6 Å². The number of aliphatic hydroxyl groups is 1. The highest BCUT2D eigenvalue weighted by Crippen LogP contribution is 2.31. The number of ether oxygens (including phenoxy) is 1. The molecule has 0 saturated heterocycles. The van der Waals surface area contributed by atoms with Gasteiger partial charge < -0.3 is 20.1 Å². The standard InChI is InChI=1S/C23H28FN3O4S.ClH/c1-32(29,30)27-22-12-15(6-9-19(22)24)23(28)14-25-10-11-31-16-7-8-18-17-4-2-3-5-20(17)26-21(18)13-16;/h6-9,12-13,23,25-28H,2-5,10-11,14H2,1H3;1H. The molecule has 2 aromatic carbocycles. The Morgan fingerprint density at radius 3 is 2.76 bits per heavy atom. The van der Waals surface area contributed by atoms with Gasteiger partial charge in [0.25, 0.3) is 0 Å². The van der Waals surface area contributed by atoms with Crippen molar-refractivity contribution in [1.82, 2.24) is 10.3 Å². The van der Waals surface area contributed by atoms with E-state index in [-0.39, 0.29) is 24.6 Å². The Morgan fingerprint density at radius 2 is 1.97 bits per heavy atom. The fraction of sp³-hybridized carbons (Fsp3) is 0.391. The molecule has 0 bridgehead atoms. The van der Waals surface area contributed by atoms with Crippen LogP contribution in [0.25, 0.3) is 10.9 Å². The number of aryl methyl sites for hydroxylation is 2. The van der Waals surface area contributed by atoms with Gasteiger partial charge in [-0.25, -0.2) is 12.8 Å². The summed E-state index contributed by atoms with van der Waals surface area (Å²) in [7, 11) is -3.61. The van der Waals surface area contributed by atoms with E-state index < -0.39 is 21.9 Å². The second kappa shape index (κ2) is 10.7. The predicted octanol–water partition coefficient (Wildman–Crippen LogP) is 3.68. The number of rotatable bonds is 9. The van der Waals surface area contributed by atoms with Crippen molar-refractivity contribution in [3.05, 3.63) is 59.0 Å². The van der Waals surface area contributed by atoms with Crippen LogP contribution in [-0.2, 0) is 22.9 Å². The van der Waals surface area contributed by atoms with Crippen LogP contribution >= 0.6 is 12.4 Å². The van der Waals surface area contributed by atoms with Crippen molar-refractivity contribution < 1.29 is 22.7 Å². The molecule has 0 saturated carbocycles. The number of sulfonamides is 1. The van der Waals surface area contributed by atoms with Crippen molar-refractivity contribution in [2.75, 3.05) is 30.7 Å². The lowest BCUT2D eigenvalue weighted by molar-refractivity contribution is 0.172. The van der Waals surface area contributed by atoms with Crippen LogP contribution in [-0.4, -0.2) is 44.5 Å². The fourth-order valence-corrected chi connectivity index (χ4v) is 4.66. The normalized spacial score (nSPS) is 14.4. The van der Waals surface area contributed by atoms with Crippen molar-refractivity contribution in [3.8, 4) is 5.75 Å². The van der Waals surface area contributed by atoms with E-state index in [1.807, 2.05) is 12.1 Å². The van der Waals surface area contributed by atoms with Gasteiger partial charge in [-0.1, -0.05) is 6.07 Å². The number of halogens is 2. The molecule has 33 heavy (non-hydrogen) atoms. The molecule has 1 aromatic heterocycles. The number of benzene rings is 2. The molecular formula is C23H29ClFN3O4S. The first-order valence-corrected chi connectivity index (χ1v) is 12.6. The Kier molecular flexibility index (Phi) is 8.23. The number of H-pyrrole nitrogens is 1. The fourth-order valence-electron chi connectivity index (χ4n) is 4.11. The molecule has 0 spiro atoms. The van der Waals surface area contributed by atoms with Crippen molar-refractivity contribution in [2.24, 2.45) is 0 Å². The van der Waals surface area contributed by atoms with Gasteiger partial charge in [0.15, 0.2) is 0 Å². The second-order valence-electron chi connectivity index (χ2n) is 8.18. The molecule has 3 aromatic rings. The lowest BCUT2D eigenvalue weighted by atomic mass is 9.96. The first kappa shape index (κ1) is 25.3. The van der Waals surface area contributed by atoms with Crippen LogP contribution in [0, 0.1) is 5.82 Å². The van der Waals surface area contributed by atoms with Crippen LogP contribution < -0.4 is 14.8 Å². The van der Waals surface area contributed by atoms with Crippen LogP contribution in [0.15, 0.2) is 36.4 Å². The zero-order chi connectivity index (χ0) is 22.7. The molecule has 1 unspecified atom stereocenters. The highest BCUT2D eigenvalue weighted by atomic mass is 35.5. The molecule has 1 atom stereocenters. The van der Waals surface area contributed by atoms with Gasteiger partial charge in [-0.3, -0.25) is 4.72 Å². The van der Waals surface area contributed by atoms with Crippen molar-refractivity contribution >= 4 is 39.0 Å². The minimum Gasteiger partial charge on any atom is -0.492 e. The van der Waals surface area contributed by atoms with Gasteiger partial charge in [0.05, 0.1) is 18.0 Å². The molecule has 4 N–H and O–H groups in total. The summed E-state index contributed by atoms with van der Waals surface area (Å²) < 4.78 is 44.4. The number of aromatic nitrogens is 1. The maximum absolute atomic E-state index is 13.8. The molecule has 1 aliphatic rings. The van der Waals surface area contributed by atoms with E-state index in [0.717, 1.165) is 36.4 Å². The SMILES string of the molecule is CS(=O)(=O)Nc1cc(C(O)CNCCOc2ccc3c4c([nH]c3c2)CCCC4)ccc1F.Cl. The molecule has 0 fully saturated rings. The molecule has 1 heterocycles. The molecule has 1 aliphatic carbocycles. The molecule has 0 amide bonds. The van der Waals surface area contributed by atoms with Crippen molar-refractivity contribution in [3.63, 3.8) is 0 Å². The Hall–Kier alpha value is -2.33. The van der Waals surface area contributed by atoms with Crippen LogP contribution in [0.1, 0.15) is 35.8 Å². The van der Waals surface area contributed by atoms with Gasteiger partial charge in [-0.15, -0.1) is 12.4 Å². The average molecular weight is 498 g/mol. The Balaban J connectivity index is 0.00000306. The van der Waals surface area contributed by atoms with E-state index in [0.29, 0.717) is 18.7 Å². The minimum absolute atomic E-state index is 0. The Bertz CT molecular complexity index is 1220. The second-order valence-corrected chi connectivity index (χ2v) is 9.93. The summed E-state index contributed by atoms with van der Waals surface area (Å²) in [6, 6.07) is 9.97. The van der Waals surface area contributed by atoms with Crippen molar-refractivity contribution in [2.45, 2.75) is 31.8 Å². The molecule has 180 valence electrons. The van der Waals surface area contributed by atoms with E-state index >= 15 is 0 Å². The minimum atomic E-state index is -3.61. The van der Waals surface area contributed by atoms with Gasteiger partial charge in [0.1, 0.15) is 18.2 Å². The van der Waals surface area contributed by atoms with Gasteiger partial charge in [-0.05, 0) is 61.1 Å². The smallest absolute Gasteiger partial charge is 0.229 e. The maximum atomic E-state index is 13.8. The third-order valence-corrected chi connectivity index (χ3v) is 6.22. The number of hydrogen-bond acceptors (Lipinski definition) is 5. The largest absolute Gasteiger partial charge is 0.492 e. The number of anilines is 1. The third kappa shape index (κ3) is 6.38. The summed E-state index contributed by atoms with van der Waals surface area (Å²) in [6.07, 6.45) is 4.72. The van der Waals surface area contributed by atoms with E-state index in [2.05, 4.69) is 21.1 Å². The van der Waals surface area contributed by atoms with Gasteiger partial charge in [0.2, 0.25) is 10.0 Å². The third-order valence-electron chi connectivity index (χ3n) is 5.63. The highest BCUT2D eigenvalue weighted by molar-refractivity contribution is 7.92. The number of nitrogens with one attached hydrogen (secondary N) is 3. The van der Waals surface area contributed by atoms with Crippen molar-refractivity contribution in [1.29, 1.82) is 0 Å². The van der Waals surface area contributed by atoms with E-state index in [1.54, 1.807) is 0 Å². The quantitative estimate of drug-likeness (QED) is 0.338. The molecule has 4 rings (SSSR count). The zero-order valence-corrected chi connectivity index (χ0v) is 20.0. The molecule has 0 radical (unpaired) electrons.